The van der Waals surface area contributed by atoms with E-state index >= 15 is 0 Å². The summed E-state index contributed by atoms with van der Waals surface area (Å²) in [5.41, 5.74) is 2.12. The lowest BCUT2D eigenvalue weighted by molar-refractivity contribution is 0.627. The van der Waals surface area contributed by atoms with Crippen molar-refractivity contribution in [3.05, 3.63) is 50.6 Å². The van der Waals surface area contributed by atoms with Gasteiger partial charge in [-0.05, 0) is 29.9 Å². The van der Waals surface area contributed by atoms with Crippen molar-refractivity contribution in [3.8, 4) is 0 Å². The second-order valence-electron chi connectivity index (χ2n) is 5.11. The van der Waals surface area contributed by atoms with Gasteiger partial charge in [0.25, 0.3) is 0 Å². The predicted octanol–water partition coefficient (Wildman–Crippen LogP) is 4.48. The van der Waals surface area contributed by atoms with Gasteiger partial charge >= 0.3 is 0 Å². The third-order valence-electron chi connectivity index (χ3n) is 3.60. The average molecular weight is 351 g/mol. The minimum atomic E-state index is -0.215. The number of aromatic nitrogens is 2. The van der Waals surface area contributed by atoms with Gasteiger partial charge in [-0.25, -0.2) is 9.38 Å². The van der Waals surface area contributed by atoms with Crippen LogP contribution in [0.5, 0.6) is 0 Å². The summed E-state index contributed by atoms with van der Waals surface area (Å²) in [6.07, 6.45) is 0.733. The van der Waals surface area contributed by atoms with Crippen molar-refractivity contribution in [2.45, 2.75) is 12.2 Å². The van der Waals surface area contributed by atoms with Crippen molar-refractivity contribution in [2.75, 3.05) is 0 Å². The van der Waals surface area contributed by atoms with Crippen molar-refractivity contribution < 1.29 is 4.39 Å². The Balaban J connectivity index is 1.83. The monoisotopic (exact) mass is 351 g/mol. The quantitative estimate of drug-likeness (QED) is 0.745. The highest BCUT2D eigenvalue weighted by Gasteiger charge is 2.20. The minimum Gasteiger partial charge on any atom is -0.312 e. The van der Waals surface area contributed by atoms with Gasteiger partial charge in [-0.1, -0.05) is 24.4 Å². The fourth-order valence-electron chi connectivity index (χ4n) is 2.34. The summed E-state index contributed by atoms with van der Waals surface area (Å²) in [5, 5.41) is 1.02. The Morgan fingerprint density at radius 1 is 1.18 bits per heavy atom. The molecule has 114 valence electrons. The molecule has 0 fully saturated rings. The van der Waals surface area contributed by atoms with Crippen molar-refractivity contribution in [1.29, 1.82) is 0 Å². The molecule has 0 unspecified atom stereocenters. The van der Waals surface area contributed by atoms with Crippen LogP contribution in [-0.4, -0.2) is 14.2 Å². The highest BCUT2D eigenvalue weighted by Crippen LogP contribution is 2.32. The van der Waals surface area contributed by atoms with Crippen molar-refractivity contribution in [2.24, 2.45) is 19.1 Å². The zero-order chi connectivity index (χ0) is 15.9. The first-order valence-corrected chi connectivity index (χ1v) is 8.51. The van der Waals surface area contributed by atoms with Gasteiger partial charge in [0.15, 0.2) is 4.77 Å². The fourth-order valence-corrected chi connectivity index (χ4v) is 3.75. The highest BCUT2D eigenvalue weighted by molar-refractivity contribution is 8.13. The van der Waals surface area contributed by atoms with E-state index in [0.717, 1.165) is 38.8 Å². The molecule has 1 aliphatic rings. The molecule has 1 aromatic heterocycles. The lowest BCUT2D eigenvalue weighted by Gasteiger charge is -2.09. The summed E-state index contributed by atoms with van der Waals surface area (Å²) < 4.78 is 18.1. The Morgan fingerprint density at radius 2 is 1.86 bits per heavy atom. The number of hydrogen-bond acceptors (Lipinski definition) is 4. The summed E-state index contributed by atoms with van der Waals surface area (Å²) in [7, 11) is 3.79. The van der Waals surface area contributed by atoms with Crippen molar-refractivity contribution in [3.63, 3.8) is 0 Å². The van der Waals surface area contributed by atoms with E-state index in [2.05, 4.69) is 4.99 Å². The van der Waals surface area contributed by atoms with Crippen LogP contribution in [0.1, 0.15) is 11.1 Å². The molecule has 0 saturated heterocycles. The van der Waals surface area contributed by atoms with Crippen LogP contribution in [0.4, 0.5) is 10.2 Å². The molecule has 0 atom stereocenters. The molecular formula is C15H14FN3S3. The number of benzene rings is 1. The molecular weight excluding hydrogens is 337 g/mol. The largest absolute Gasteiger partial charge is 0.312 e. The van der Waals surface area contributed by atoms with Gasteiger partial charge in [0.1, 0.15) is 16.3 Å². The number of fused-ring (bicyclic) bond motifs is 1. The SMILES string of the molecule is Cn1c2c(c(=S)n(C)c1=S)CC(SCc1ccc(F)cc1)=N2. The van der Waals surface area contributed by atoms with E-state index in [4.69, 9.17) is 24.4 Å². The van der Waals surface area contributed by atoms with Gasteiger partial charge in [0.05, 0.1) is 5.04 Å². The molecule has 3 rings (SSSR count). The maximum atomic E-state index is 12.9. The van der Waals surface area contributed by atoms with E-state index < -0.39 is 0 Å². The van der Waals surface area contributed by atoms with Crippen molar-refractivity contribution >= 4 is 47.1 Å². The second-order valence-corrected chi connectivity index (χ2v) is 6.91. The van der Waals surface area contributed by atoms with Gasteiger partial charge < -0.3 is 9.13 Å². The van der Waals surface area contributed by atoms with E-state index in [9.17, 15) is 4.39 Å². The van der Waals surface area contributed by atoms with E-state index in [-0.39, 0.29) is 5.82 Å². The maximum absolute atomic E-state index is 12.9. The first kappa shape index (κ1) is 15.6. The molecule has 0 N–H and O–H groups in total. The third-order valence-corrected chi connectivity index (χ3v) is 5.72. The van der Waals surface area contributed by atoms with Crippen LogP contribution in [0, 0.1) is 15.2 Å². The average Bonchev–Trinajstić information content (AvgIpc) is 2.95. The molecule has 22 heavy (non-hydrogen) atoms. The second kappa shape index (κ2) is 6.06. The molecule has 0 bridgehead atoms. The summed E-state index contributed by atoms with van der Waals surface area (Å²) in [6.45, 7) is 0. The number of rotatable bonds is 2. The summed E-state index contributed by atoms with van der Waals surface area (Å²) in [5.74, 6) is 1.40. The minimum absolute atomic E-state index is 0.215. The number of nitrogens with zero attached hydrogens (tertiary/aromatic N) is 3. The van der Waals surface area contributed by atoms with Gasteiger partial charge in [0.2, 0.25) is 0 Å². The molecule has 2 aromatic rings. The van der Waals surface area contributed by atoms with E-state index in [0.29, 0.717) is 4.77 Å². The normalized spacial score (nSPS) is 13.1. The molecule has 0 radical (unpaired) electrons. The Morgan fingerprint density at radius 3 is 2.55 bits per heavy atom. The molecule has 7 heteroatoms. The first-order chi connectivity index (χ1) is 10.5. The van der Waals surface area contributed by atoms with Crippen LogP contribution in [0.3, 0.4) is 0 Å². The molecule has 1 aromatic carbocycles. The summed E-state index contributed by atoms with van der Waals surface area (Å²) in [6, 6.07) is 6.55. The van der Waals surface area contributed by atoms with E-state index in [1.807, 2.05) is 23.2 Å². The Hall–Kier alpha value is -1.31. The zero-order valence-electron chi connectivity index (χ0n) is 12.2. The maximum Gasteiger partial charge on any atom is 0.181 e. The predicted molar refractivity (Wildman–Crippen MR) is 94.5 cm³/mol. The van der Waals surface area contributed by atoms with Crippen LogP contribution in [0.2, 0.25) is 0 Å². The van der Waals surface area contributed by atoms with E-state index in [1.165, 1.54) is 12.1 Å². The molecule has 1 aliphatic heterocycles. The summed E-state index contributed by atoms with van der Waals surface area (Å²) in [4.78, 5) is 4.67. The standard InChI is InChI=1S/C15H14FN3S3/c1-18-13-11(14(20)19(2)15(18)21)7-12(17-13)22-8-9-3-5-10(16)6-4-9/h3-6H,7-8H2,1-2H3. The number of thioether (sulfide) groups is 1. The van der Waals surface area contributed by atoms with E-state index in [1.54, 1.807) is 23.9 Å². The lowest BCUT2D eigenvalue weighted by Crippen LogP contribution is -2.07. The van der Waals surface area contributed by atoms with Crippen LogP contribution < -0.4 is 0 Å². The molecule has 3 nitrogen and oxygen atoms in total. The first-order valence-electron chi connectivity index (χ1n) is 6.71. The smallest absolute Gasteiger partial charge is 0.181 e. The molecule has 0 aliphatic carbocycles. The fraction of sp³-hybridized carbons (Fsp3) is 0.267. The number of aliphatic imine (C=N–C) groups is 1. The molecule has 0 spiro atoms. The van der Waals surface area contributed by atoms with Crippen LogP contribution in [-0.2, 0) is 26.3 Å². The highest BCUT2D eigenvalue weighted by atomic mass is 32.2. The van der Waals surface area contributed by atoms with Crippen LogP contribution in [0.15, 0.2) is 29.3 Å². The number of halogens is 1. The summed E-state index contributed by atoms with van der Waals surface area (Å²) >= 11 is 12.5. The van der Waals surface area contributed by atoms with Crippen LogP contribution in [0.25, 0.3) is 0 Å². The molecule has 2 heterocycles. The zero-order valence-corrected chi connectivity index (χ0v) is 14.6. The topological polar surface area (TPSA) is 22.2 Å². The van der Waals surface area contributed by atoms with Crippen LogP contribution >= 0.6 is 36.2 Å². The van der Waals surface area contributed by atoms with Gasteiger partial charge in [-0.3, -0.25) is 0 Å². The Kier molecular flexibility index (Phi) is 4.29. The number of hydrogen-bond donors (Lipinski definition) is 0. The third kappa shape index (κ3) is 2.80. The lowest BCUT2D eigenvalue weighted by atomic mass is 10.2. The van der Waals surface area contributed by atoms with Gasteiger partial charge in [-0.15, -0.1) is 11.8 Å². The Labute approximate surface area is 142 Å². The molecule has 0 amide bonds. The van der Waals surface area contributed by atoms with Gasteiger partial charge in [0, 0.05) is 31.8 Å². The Bertz CT molecular complexity index is 879. The van der Waals surface area contributed by atoms with Gasteiger partial charge in [-0.2, -0.15) is 0 Å². The van der Waals surface area contributed by atoms with Crippen molar-refractivity contribution in [1.82, 2.24) is 9.13 Å². The molecule has 0 saturated carbocycles.